The molecule has 0 bridgehead atoms. The third-order valence-electron chi connectivity index (χ3n) is 14.1. The second kappa shape index (κ2) is 10.8. The smallest absolute Gasteiger partial charge is 0.144 e. The first-order chi connectivity index (χ1) is 28.3. The number of hydrogen-bond donors (Lipinski definition) is 0. The van der Waals surface area contributed by atoms with E-state index in [0.717, 1.165) is 69.9 Å². The van der Waals surface area contributed by atoms with Crippen LogP contribution in [0.4, 0.5) is 0 Å². The minimum atomic E-state index is -0.602. The Labute approximate surface area is 330 Å². The van der Waals surface area contributed by atoms with E-state index in [1.54, 1.807) is 0 Å². The Balaban J connectivity index is 1.22. The fraction of sp³-hybridized carbons (Fsp3) is 0.127. The van der Waals surface area contributed by atoms with Gasteiger partial charge < -0.3 is 8.83 Å². The van der Waals surface area contributed by atoms with E-state index in [2.05, 4.69) is 146 Å². The third-order valence-corrected chi connectivity index (χ3v) is 14.1. The van der Waals surface area contributed by atoms with E-state index >= 15 is 0 Å². The van der Waals surface area contributed by atoms with Crippen LogP contribution in [0.2, 0.25) is 0 Å². The van der Waals surface area contributed by atoms with Gasteiger partial charge in [0.2, 0.25) is 0 Å². The van der Waals surface area contributed by atoms with Gasteiger partial charge in [0.15, 0.2) is 0 Å². The molecule has 4 aliphatic carbocycles. The van der Waals surface area contributed by atoms with Gasteiger partial charge >= 0.3 is 0 Å². The topological polar surface area (TPSA) is 26.3 Å². The van der Waals surface area contributed by atoms with Crippen molar-refractivity contribution in [2.24, 2.45) is 0 Å². The maximum atomic E-state index is 7.23. The summed E-state index contributed by atoms with van der Waals surface area (Å²) in [5, 5.41) is 4.65. The van der Waals surface area contributed by atoms with E-state index in [0.29, 0.717) is 0 Å². The molecule has 0 saturated heterocycles. The molecule has 4 aliphatic rings. The summed E-state index contributed by atoms with van der Waals surface area (Å²) in [6, 6.07) is 55.0. The van der Waals surface area contributed by atoms with Crippen LogP contribution in [0.25, 0.3) is 88.4 Å². The second-order valence-electron chi connectivity index (χ2n) is 16.8. The van der Waals surface area contributed by atoms with Crippen LogP contribution in [-0.2, 0) is 31.1 Å². The number of benzene rings is 8. The van der Waals surface area contributed by atoms with Crippen LogP contribution in [0.3, 0.4) is 0 Å². The summed E-state index contributed by atoms with van der Waals surface area (Å²) in [7, 11) is 0. The summed E-state index contributed by atoms with van der Waals surface area (Å²) in [5.41, 5.74) is 24.1. The third kappa shape index (κ3) is 3.77. The van der Waals surface area contributed by atoms with Crippen molar-refractivity contribution in [3.63, 3.8) is 0 Å². The molecule has 0 saturated carbocycles. The zero-order valence-corrected chi connectivity index (χ0v) is 31.4. The minimum absolute atomic E-state index is 0.602. The molecule has 0 unspecified atom stereocenters. The molecular formula is C55H36O2. The van der Waals surface area contributed by atoms with Gasteiger partial charge in [-0.2, -0.15) is 0 Å². The molecule has 2 nitrogen and oxygen atoms in total. The van der Waals surface area contributed by atoms with Crippen molar-refractivity contribution >= 4 is 43.9 Å². The van der Waals surface area contributed by atoms with Gasteiger partial charge in [-0.05, 0) is 141 Å². The number of furan rings is 2. The van der Waals surface area contributed by atoms with Crippen LogP contribution >= 0.6 is 0 Å². The fourth-order valence-electron chi connectivity index (χ4n) is 11.8. The normalized spacial score (nSPS) is 15.4. The number of rotatable bonds is 2. The van der Waals surface area contributed by atoms with Gasteiger partial charge in [-0.15, -0.1) is 0 Å². The Morgan fingerprint density at radius 1 is 0.368 bits per heavy atom. The highest BCUT2D eigenvalue weighted by Crippen LogP contribution is 2.67. The van der Waals surface area contributed by atoms with Crippen molar-refractivity contribution in [2.45, 2.75) is 43.9 Å². The quantitative estimate of drug-likeness (QED) is 0.177. The zero-order chi connectivity index (χ0) is 37.0. The number of hydrogen-bond acceptors (Lipinski definition) is 2. The molecule has 0 fully saturated rings. The van der Waals surface area contributed by atoms with E-state index in [-0.39, 0.29) is 0 Å². The van der Waals surface area contributed by atoms with Gasteiger partial charge in [-0.25, -0.2) is 0 Å². The Morgan fingerprint density at radius 2 is 0.807 bits per heavy atom. The molecule has 2 aromatic heterocycles. The number of fused-ring (bicyclic) bond motifs is 20. The molecule has 0 amide bonds. The lowest BCUT2D eigenvalue weighted by atomic mass is 9.69. The standard InChI is InChI=1S/C55H36O2/c1-5-19-43-37(15-1)38-16-2-6-20-44(38)55(43)45-29-41(35-25-23-31-11-9-13-33(31)27-35)49-39-17-3-7-21-47(39)56-53(49)51(45)52-46(55)30-42(36-26-24-32-12-10-14-34(32)28-36)50-40-18-4-8-22-48(40)57-54(50)52/h1-8,15-30H,9-14H2. The second-order valence-corrected chi connectivity index (χ2v) is 16.8. The molecule has 0 N–H and O–H groups in total. The molecule has 0 aliphatic heterocycles. The van der Waals surface area contributed by atoms with Crippen molar-refractivity contribution in [3.8, 4) is 44.5 Å². The van der Waals surface area contributed by atoms with E-state index in [1.165, 1.54) is 102 Å². The van der Waals surface area contributed by atoms with Gasteiger partial charge in [0.05, 0.1) is 5.41 Å². The van der Waals surface area contributed by atoms with Crippen LogP contribution in [0, 0.1) is 0 Å². The minimum Gasteiger partial charge on any atom is -0.455 e. The highest BCUT2D eigenvalue weighted by Gasteiger charge is 2.54. The van der Waals surface area contributed by atoms with Gasteiger partial charge in [-0.1, -0.05) is 121 Å². The van der Waals surface area contributed by atoms with Crippen LogP contribution in [0.5, 0.6) is 0 Å². The lowest BCUT2D eigenvalue weighted by Crippen LogP contribution is -2.26. The Morgan fingerprint density at radius 3 is 1.32 bits per heavy atom. The van der Waals surface area contributed by atoms with Crippen molar-refractivity contribution in [1.82, 2.24) is 0 Å². The molecule has 2 heterocycles. The fourth-order valence-corrected chi connectivity index (χ4v) is 11.8. The monoisotopic (exact) mass is 728 g/mol. The summed E-state index contributed by atoms with van der Waals surface area (Å²) in [4.78, 5) is 0. The average molecular weight is 729 g/mol. The molecule has 1 spiro atoms. The maximum Gasteiger partial charge on any atom is 0.144 e. The lowest BCUT2D eigenvalue weighted by molar-refractivity contribution is 0.665. The molecule has 0 atom stereocenters. The Kier molecular flexibility index (Phi) is 5.79. The SMILES string of the molecule is c1ccc2c(c1)-c1ccccc1C21c2cc(-c3ccc4c(c3)CCC4)c3c(oc4ccccc43)c2-c2c1cc(-c1ccc3c(c1)CCC3)c1c2oc2ccccc21. The van der Waals surface area contributed by atoms with Crippen molar-refractivity contribution in [1.29, 1.82) is 0 Å². The largest absolute Gasteiger partial charge is 0.455 e. The molecule has 8 aromatic carbocycles. The molecule has 10 aromatic rings. The van der Waals surface area contributed by atoms with Crippen LogP contribution < -0.4 is 0 Å². The summed E-state index contributed by atoms with van der Waals surface area (Å²) in [6.45, 7) is 0. The van der Waals surface area contributed by atoms with E-state index in [1.807, 2.05) is 0 Å². The van der Waals surface area contributed by atoms with Gasteiger partial charge in [0.25, 0.3) is 0 Å². The van der Waals surface area contributed by atoms with Crippen molar-refractivity contribution < 1.29 is 8.83 Å². The summed E-state index contributed by atoms with van der Waals surface area (Å²) >= 11 is 0. The molecule has 2 heteroatoms. The average Bonchev–Trinajstić information content (AvgIpc) is 4.12. The Hall–Kier alpha value is -6.64. The predicted octanol–water partition coefficient (Wildman–Crippen LogP) is 14.1. The lowest BCUT2D eigenvalue weighted by Gasteiger charge is -2.31. The van der Waals surface area contributed by atoms with Crippen molar-refractivity contribution in [3.05, 3.63) is 190 Å². The molecule has 0 radical (unpaired) electrons. The van der Waals surface area contributed by atoms with Crippen LogP contribution in [-0.4, -0.2) is 0 Å². The van der Waals surface area contributed by atoms with E-state index in [9.17, 15) is 0 Å². The zero-order valence-electron chi connectivity index (χ0n) is 31.4. The molecule has 14 rings (SSSR count). The summed E-state index contributed by atoms with van der Waals surface area (Å²) < 4.78 is 14.5. The summed E-state index contributed by atoms with van der Waals surface area (Å²) in [5.74, 6) is 0. The summed E-state index contributed by atoms with van der Waals surface area (Å²) in [6.07, 6.45) is 7.04. The number of para-hydroxylation sites is 2. The number of aryl methyl sites for hydroxylation is 4. The van der Waals surface area contributed by atoms with Crippen LogP contribution in [0.1, 0.15) is 57.3 Å². The first-order valence-electron chi connectivity index (χ1n) is 20.7. The molecular weight excluding hydrogens is 693 g/mol. The molecule has 268 valence electrons. The van der Waals surface area contributed by atoms with Gasteiger partial charge in [0, 0.05) is 32.7 Å². The van der Waals surface area contributed by atoms with E-state index < -0.39 is 5.41 Å². The van der Waals surface area contributed by atoms with E-state index in [4.69, 9.17) is 8.83 Å². The first-order valence-corrected chi connectivity index (χ1v) is 20.7. The maximum absolute atomic E-state index is 7.23. The van der Waals surface area contributed by atoms with Gasteiger partial charge in [-0.3, -0.25) is 0 Å². The molecule has 57 heavy (non-hydrogen) atoms. The van der Waals surface area contributed by atoms with Gasteiger partial charge in [0.1, 0.15) is 22.3 Å². The first kappa shape index (κ1) is 30.6. The van der Waals surface area contributed by atoms with Crippen LogP contribution in [0.15, 0.2) is 154 Å². The highest BCUT2D eigenvalue weighted by atomic mass is 16.3. The Bertz CT molecular complexity index is 3190. The predicted molar refractivity (Wildman–Crippen MR) is 232 cm³/mol. The van der Waals surface area contributed by atoms with Crippen molar-refractivity contribution in [2.75, 3.05) is 0 Å². The highest BCUT2D eigenvalue weighted by molar-refractivity contribution is 6.24.